The monoisotopic (exact) mass is 707 g/mol. The van der Waals surface area contributed by atoms with E-state index in [2.05, 4.69) is 89.8 Å². The fourth-order valence-corrected chi connectivity index (χ4v) is 10.6. The van der Waals surface area contributed by atoms with Crippen molar-refractivity contribution >= 4 is 34.3 Å². The molecule has 1 atom stereocenters. The van der Waals surface area contributed by atoms with Gasteiger partial charge in [0.1, 0.15) is 17.2 Å². The Bertz CT molecular complexity index is 2180. The highest BCUT2D eigenvalue weighted by Gasteiger charge is 2.48. The van der Waals surface area contributed by atoms with Crippen molar-refractivity contribution in [2.24, 2.45) is 0 Å². The van der Waals surface area contributed by atoms with Crippen LogP contribution in [0.3, 0.4) is 0 Å². The zero-order valence-electron chi connectivity index (χ0n) is 29.9. The van der Waals surface area contributed by atoms with Crippen LogP contribution in [0.5, 0.6) is 17.2 Å². The Labute approximate surface area is 310 Å². The quantitative estimate of drug-likeness (QED) is 0.185. The van der Waals surface area contributed by atoms with Crippen LogP contribution in [0.2, 0.25) is 0 Å². The van der Waals surface area contributed by atoms with Gasteiger partial charge in [-0.1, -0.05) is 86.7 Å². The molecule has 1 spiro atoms. The topological polar surface area (TPSA) is 40.2 Å². The summed E-state index contributed by atoms with van der Waals surface area (Å²) >= 11 is 1.91. The minimum absolute atomic E-state index is 0.0439. The van der Waals surface area contributed by atoms with E-state index in [-0.39, 0.29) is 5.41 Å². The Morgan fingerprint density at radius 2 is 1.50 bits per heavy atom. The highest BCUT2D eigenvalue weighted by Crippen LogP contribution is 2.62. The molecule has 5 nitrogen and oxygen atoms in total. The number of anilines is 1. The van der Waals surface area contributed by atoms with Crippen LogP contribution in [0.1, 0.15) is 72.8 Å². The normalized spacial score (nSPS) is 21.6. The first kappa shape index (κ1) is 32.3. The Balaban J connectivity index is 1.23. The molecule has 5 aliphatic rings. The van der Waals surface area contributed by atoms with Gasteiger partial charge in [-0.05, 0) is 83.0 Å². The fourth-order valence-electron chi connectivity index (χ4n) is 9.79. The number of fused-ring (bicyclic) bond motifs is 11. The van der Waals surface area contributed by atoms with Crippen molar-refractivity contribution < 1.29 is 18.9 Å². The van der Waals surface area contributed by atoms with Crippen molar-refractivity contribution in [2.45, 2.75) is 60.9 Å². The molecule has 1 unspecified atom stereocenters. The lowest BCUT2D eigenvalue weighted by molar-refractivity contribution is 0.122. The van der Waals surface area contributed by atoms with Crippen molar-refractivity contribution in [1.82, 2.24) is 0 Å². The number of thioether (sulfide) groups is 1. The zero-order chi connectivity index (χ0) is 34.7. The molecule has 0 radical (unpaired) electrons. The van der Waals surface area contributed by atoms with E-state index in [1.165, 1.54) is 75.9 Å². The van der Waals surface area contributed by atoms with Gasteiger partial charge in [0.2, 0.25) is 0 Å². The Morgan fingerprint density at radius 1 is 0.769 bits per heavy atom. The predicted octanol–water partition coefficient (Wildman–Crippen LogP) is 10.5. The molecule has 6 heteroatoms. The summed E-state index contributed by atoms with van der Waals surface area (Å²) in [6.45, 7) is 4.04. The maximum absolute atomic E-state index is 7.75. The maximum atomic E-state index is 7.75. The lowest BCUT2D eigenvalue weighted by Gasteiger charge is -2.40. The number of morpholine rings is 1. The van der Waals surface area contributed by atoms with Gasteiger partial charge in [0.05, 0.1) is 31.8 Å². The van der Waals surface area contributed by atoms with E-state index in [0.717, 1.165) is 78.7 Å². The minimum Gasteiger partial charge on any atom is -0.497 e. The number of benzene rings is 5. The van der Waals surface area contributed by atoms with Crippen LogP contribution < -0.4 is 19.1 Å². The first-order valence-electron chi connectivity index (χ1n) is 19.2. The molecule has 52 heavy (non-hydrogen) atoms. The van der Waals surface area contributed by atoms with Crippen molar-refractivity contribution in [3.63, 3.8) is 0 Å². The number of rotatable bonds is 4. The van der Waals surface area contributed by atoms with Crippen LogP contribution in [0.15, 0.2) is 95.9 Å². The van der Waals surface area contributed by atoms with E-state index in [9.17, 15) is 0 Å². The van der Waals surface area contributed by atoms with E-state index >= 15 is 0 Å². The lowest BCUT2D eigenvalue weighted by Crippen LogP contribution is -2.37. The highest BCUT2D eigenvalue weighted by molar-refractivity contribution is 7.99. The second kappa shape index (κ2) is 12.9. The van der Waals surface area contributed by atoms with E-state index in [4.69, 9.17) is 18.9 Å². The molecule has 2 fully saturated rings. The van der Waals surface area contributed by atoms with Gasteiger partial charge in [0.15, 0.2) is 5.60 Å². The highest BCUT2D eigenvalue weighted by atomic mass is 32.2. The van der Waals surface area contributed by atoms with Crippen LogP contribution in [-0.2, 0) is 15.8 Å². The summed E-state index contributed by atoms with van der Waals surface area (Å²) in [7, 11) is 1.72. The smallest absolute Gasteiger partial charge is 0.178 e. The van der Waals surface area contributed by atoms with Crippen molar-refractivity contribution in [3.05, 3.63) is 119 Å². The third-order valence-electron chi connectivity index (χ3n) is 12.3. The summed E-state index contributed by atoms with van der Waals surface area (Å²) in [4.78, 5) is 3.63. The summed E-state index contributed by atoms with van der Waals surface area (Å²) in [6.07, 6.45) is 13.5. The van der Waals surface area contributed by atoms with Crippen molar-refractivity contribution in [3.8, 4) is 28.4 Å². The zero-order valence-corrected chi connectivity index (χ0v) is 30.7. The molecule has 5 aromatic rings. The van der Waals surface area contributed by atoms with E-state index in [1.54, 1.807) is 7.11 Å². The number of ether oxygens (including phenoxy) is 4. The summed E-state index contributed by atoms with van der Waals surface area (Å²) in [5.41, 5.74) is 9.49. The Hall–Kier alpha value is -4.39. The van der Waals surface area contributed by atoms with Crippen molar-refractivity contribution in [2.75, 3.05) is 50.7 Å². The number of methoxy groups -OCH3 is 1. The second-order valence-corrected chi connectivity index (χ2v) is 16.1. The van der Waals surface area contributed by atoms with Gasteiger partial charge in [0, 0.05) is 52.0 Å². The molecule has 1 saturated heterocycles. The van der Waals surface area contributed by atoms with E-state index < -0.39 is 5.60 Å². The third kappa shape index (κ3) is 5.01. The fraction of sp³-hybridized carbons (Fsp3) is 0.348. The molecule has 0 aromatic heterocycles. The average molecular weight is 708 g/mol. The number of nitrogens with zero attached hydrogens (tertiary/aromatic N) is 1. The Kier molecular flexibility index (Phi) is 8.02. The van der Waals surface area contributed by atoms with Gasteiger partial charge in [0.25, 0.3) is 0 Å². The molecular formula is C46H45NO4S. The molecule has 3 heterocycles. The molecule has 5 aromatic carbocycles. The standard InChI is InChI=1S/C46H45NO4S/c1-48-34-17-13-32(14-18-34)46(31-11-15-33(16-12-31)47-23-25-49-26-24-47)22-19-36-43-42(37-30-41-40(50-27-28-52-41)29-38(37)44(36)51-46)35-9-5-6-10-39(35)45(43)20-7-3-2-4-8-21-45/h5-6,9-19,22,29-30H,2-4,7-8,20-21,23-28H2,1H3. The van der Waals surface area contributed by atoms with Crippen LogP contribution in [0, 0.1) is 0 Å². The predicted molar refractivity (Wildman–Crippen MR) is 212 cm³/mol. The summed E-state index contributed by atoms with van der Waals surface area (Å²) in [5.74, 6) is 3.71. The van der Waals surface area contributed by atoms with Gasteiger partial charge in [-0.15, -0.1) is 11.8 Å². The first-order chi connectivity index (χ1) is 25.7. The van der Waals surface area contributed by atoms with Crippen LogP contribution in [0.4, 0.5) is 5.69 Å². The van der Waals surface area contributed by atoms with Crippen molar-refractivity contribution in [1.29, 1.82) is 0 Å². The molecule has 264 valence electrons. The van der Waals surface area contributed by atoms with E-state index in [0.29, 0.717) is 6.61 Å². The molecule has 0 N–H and O–H groups in total. The number of hydrogen-bond acceptors (Lipinski definition) is 6. The van der Waals surface area contributed by atoms with Gasteiger partial charge >= 0.3 is 0 Å². The Morgan fingerprint density at radius 3 is 2.27 bits per heavy atom. The molecule has 0 amide bonds. The summed E-state index contributed by atoms with van der Waals surface area (Å²) < 4.78 is 25.4. The SMILES string of the molecule is COc1ccc(C2(c3ccc(N4CCOCC4)cc3)C=Cc3c4c(c5cc6c(cc5c3O2)OCCS6)-c2ccccc2C42CCCCCCC2)cc1. The molecule has 1 saturated carbocycles. The maximum Gasteiger partial charge on any atom is 0.178 e. The largest absolute Gasteiger partial charge is 0.497 e. The lowest BCUT2D eigenvalue weighted by atomic mass is 9.67. The molecule has 3 aliphatic heterocycles. The number of hydrogen-bond donors (Lipinski definition) is 0. The van der Waals surface area contributed by atoms with Gasteiger partial charge < -0.3 is 23.8 Å². The van der Waals surface area contributed by atoms with Crippen LogP contribution in [0.25, 0.3) is 28.0 Å². The molecule has 0 bridgehead atoms. The molecule has 2 aliphatic carbocycles. The summed E-state index contributed by atoms with van der Waals surface area (Å²) in [6, 6.07) is 31.4. The molecule has 10 rings (SSSR count). The average Bonchev–Trinajstić information content (AvgIpc) is 3.49. The van der Waals surface area contributed by atoms with E-state index in [1.807, 2.05) is 23.9 Å². The van der Waals surface area contributed by atoms with Gasteiger partial charge in [-0.3, -0.25) is 0 Å². The minimum atomic E-state index is -0.852. The molecular weight excluding hydrogens is 663 g/mol. The van der Waals surface area contributed by atoms with Gasteiger partial charge in [-0.2, -0.15) is 0 Å². The van der Waals surface area contributed by atoms with Crippen LogP contribution in [-0.4, -0.2) is 45.8 Å². The van der Waals surface area contributed by atoms with Crippen LogP contribution >= 0.6 is 11.8 Å². The second-order valence-electron chi connectivity index (χ2n) is 15.0. The third-order valence-corrected chi connectivity index (χ3v) is 13.3. The first-order valence-corrected chi connectivity index (χ1v) is 20.2. The van der Waals surface area contributed by atoms with Gasteiger partial charge in [-0.25, -0.2) is 0 Å². The summed E-state index contributed by atoms with van der Waals surface area (Å²) in [5, 5.41) is 2.40.